The molecule has 1 rings (SSSR count). The molecule has 1 fully saturated rings. The highest BCUT2D eigenvalue weighted by atomic mass is 16.6. The number of hydrogen-bond acceptors (Lipinski definition) is 4. The summed E-state index contributed by atoms with van der Waals surface area (Å²) in [4.78, 5) is 22.7. The second-order valence-corrected chi connectivity index (χ2v) is 5.66. The van der Waals surface area contributed by atoms with Gasteiger partial charge in [0.25, 0.3) is 0 Å². The third-order valence-corrected chi connectivity index (χ3v) is 2.84. The van der Waals surface area contributed by atoms with E-state index in [1.807, 2.05) is 0 Å². The van der Waals surface area contributed by atoms with Crippen molar-refractivity contribution in [2.24, 2.45) is 5.92 Å². The van der Waals surface area contributed by atoms with Crippen LogP contribution in [0, 0.1) is 5.92 Å². The van der Waals surface area contributed by atoms with Crippen LogP contribution in [-0.4, -0.2) is 40.0 Å². The Balaban J connectivity index is 2.59. The number of aliphatic carboxylic acids is 1. The first-order chi connectivity index (χ1) is 8.19. The molecule has 0 heterocycles. The molecule has 0 radical (unpaired) electrons. The molecule has 0 spiro atoms. The predicted octanol–water partition coefficient (Wildman–Crippen LogP) is 1.13. The summed E-state index contributed by atoms with van der Waals surface area (Å²) in [7, 11) is 0. The summed E-state index contributed by atoms with van der Waals surface area (Å²) in [5.41, 5.74) is -0.614. The molecule has 0 aromatic heterocycles. The zero-order valence-electron chi connectivity index (χ0n) is 11.0. The molecule has 0 aliphatic heterocycles. The molecule has 104 valence electrons. The third kappa shape index (κ3) is 4.52. The van der Waals surface area contributed by atoms with Crippen LogP contribution in [0.2, 0.25) is 0 Å². The summed E-state index contributed by atoms with van der Waals surface area (Å²) in [6.45, 7) is 5.23. The topological polar surface area (TPSA) is 95.9 Å². The summed E-state index contributed by atoms with van der Waals surface area (Å²) < 4.78 is 5.09. The van der Waals surface area contributed by atoms with Crippen molar-refractivity contribution in [1.29, 1.82) is 0 Å². The number of rotatable bonds is 2. The summed E-state index contributed by atoms with van der Waals surface area (Å²) in [5, 5.41) is 21.1. The minimum absolute atomic E-state index is 0.162. The molecule has 0 aromatic rings. The van der Waals surface area contributed by atoms with Crippen molar-refractivity contribution in [3.8, 4) is 0 Å². The van der Waals surface area contributed by atoms with Gasteiger partial charge in [0.1, 0.15) is 5.60 Å². The normalized spacial score (nSPS) is 28.6. The van der Waals surface area contributed by atoms with E-state index in [0.717, 1.165) is 0 Å². The molecule has 0 unspecified atom stereocenters. The fourth-order valence-electron chi connectivity index (χ4n) is 2.05. The van der Waals surface area contributed by atoms with Gasteiger partial charge in [-0.2, -0.15) is 0 Å². The Morgan fingerprint density at radius 1 is 1.28 bits per heavy atom. The van der Waals surface area contributed by atoms with Crippen molar-refractivity contribution in [3.05, 3.63) is 0 Å². The van der Waals surface area contributed by atoms with Crippen LogP contribution in [0.15, 0.2) is 0 Å². The third-order valence-electron chi connectivity index (χ3n) is 2.84. The monoisotopic (exact) mass is 259 g/mol. The van der Waals surface area contributed by atoms with E-state index in [4.69, 9.17) is 9.84 Å². The van der Waals surface area contributed by atoms with Crippen molar-refractivity contribution in [2.45, 2.75) is 57.8 Å². The summed E-state index contributed by atoms with van der Waals surface area (Å²) in [6, 6.07) is -0.485. The SMILES string of the molecule is CC(C)(C)OC(=O)N[C@H]1CC[C@H](O)C[C@H]1C(=O)O. The molecule has 3 atom stereocenters. The van der Waals surface area contributed by atoms with Crippen LogP contribution in [-0.2, 0) is 9.53 Å². The molecule has 6 heteroatoms. The first-order valence-corrected chi connectivity index (χ1v) is 6.09. The molecular weight excluding hydrogens is 238 g/mol. The largest absolute Gasteiger partial charge is 0.481 e. The average Bonchev–Trinajstić information content (AvgIpc) is 2.17. The van der Waals surface area contributed by atoms with Crippen LogP contribution in [0.1, 0.15) is 40.0 Å². The van der Waals surface area contributed by atoms with Gasteiger partial charge in [-0.15, -0.1) is 0 Å². The van der Waals surface area contributed by atoms with Gasteiger partial charge in [0.15, 0.2) is 0 Å². The lowest BCUT2D eigenvalue weighted by Crippen LogP contribution is -2.49. The minimum atomic E-state index is -1.00. The van der Waals surface area contributed by atoms with Gasteiger partial charge in [-0.25, -0.2) is 4.79 Å². The molecule has 0 bridgehead atoms. The predicted molar refractivity (Wildman–Crippen MR) is 64.1 cm³/mol. The minimum Gasteiger partial charge on any atom is -0.481 e. The Bertz CT molecular complexity index is 323. The Morgan fingerprint density at radius 3 is 2.39 bits per heavy atom. The van der Waals surface area contributed by atoms with Gasteiger partial charge < -0.3 is 20.3 Å². The number of aliphatic hydroxyl groups is 1. The molecule has 3 N–H and O–H groups in total. The summed E-state index contributed by atoms with van der Waals surface area (Å²) in [5.74, 6) is -1.77. The van der Waals surface area contributed by atoms with Crippen molar-refractivity contribution in [3.63, 3.8) is 0 Å². The second-order valence-electron chi connectivity index (χ2n) is 5.66. The highest BCUT2D eigenvalue weighted by Crippen LogP contribution is 2.25. The Hall–Kier alpha value is -1.30. The Kier molecular flexibility index (Phi) is 4.56. The highest BCUT2D eigenvalue weighted by molar-refractivity contribution is 5.74. The smallest absolute Gasteiger partial charge is 0.407 e. The molecule has 1 aliphatic rings. The van der Waals surface area contributed by atoms with E-state index in [9.17, 15) is 14.7 Å². The molecule has 1 amide bonds. The van der Waals surface area contributed by atoms with E-state index >= 15 is 0 Å². The van der Waals surface area contributed by atoms with E-state index < -0.39 is 35.7 Å². The molecule has 1 saturated carbocycles. The maximum absolute atomic E-state index is 11.6. The molecule has 1 aliphatic carbocycles. The van der Waals surface area contributed by atoms with Crippen LogP contribution in [0.4, 0.5) is 4.79 Å². The second kappa shape index (κ2) is 5.56. The lowest BCUT2D eigenvalue weighted by atomic mass is 9.83. The number of hydrogen-bond donors (Lipinski definition) is 3. The van der Waals surface area contributed by atoms with Gasteiger partial charge in [-0.1, -0.05) is 0 Å². The number of carboxylic acids is 1. The van der Waals surface area contributed by atoms with Crippen molar-refractivity contribution in [1.82, 2.24) is 5.32 Å². The standard InChI is InChI=1S/C12H21NO5/c1-12(2,3)18-11(17)13-9-5-4-7(14)6-8(9)10(15)16/h7-9,14H,4-6H2,1-3H3,(H,13,17)(H,15,16)/t7-,8+,9-/m0/s1. The molecule has 6 nitrogen and oxygen atoms in total. The number of ether oxygens (including phenoxy) is 1. The number of carbonyl (C=O) groups excluding carboxylic acids is 1. The number of carboxylic acid groups (broad SMARTS) is 1. The lowest BCUT2D eigenvalue weighted by molar-refractivity contribution is -0.145. The van der Waals surface area contributed by atoms with Crippen LogP contribution in [0.25, 0.3) is 0 Å². The first kappa shape index (κ1) is 14.8. The number of nitrogens with one attached hydrogen (secondary N) is 1. The number of aliphatic hydroxyl groups excluding tert-OH is 1. The van der Waals surface area contributed by atoms with Crippen LogP contribution >= 0.6 is 0 Å². The summed E-state index contributed by atoms with van der Waals surface area (Å²) in [6.07, 6.45) is -0.129. The average molecular weight is 259 g/mol. The summed E-state index contributed by atoms with van der Waals surface area (Å²) >= 11 is 0. The first-order valence-electron chi connectivity index (χ1n) is 6.09. The van der Waals surface area contributed by atoms with Crippen molar-refractivity contribution < 1.29 is 24.5 Å². The van der Waals surface area contributed by atoms with Gasteiger partial charge in [0.05, 0.1) is 12.0 Å². The highest BCUT2D eigenvalue weighted by Gasteiger charge is 2.36. The number of amides is 1. The zero-order valence-corrected chi connectivity index (χ0v) is 11.0. The molecule has 0 aromatic carbocycles. The lowest BCUT2D eigenvalue weighted by Gasteiger charge is -2.32. The van der Waals surface area contributed by atoms with Gasteiger partial charge in [-0.05, 0) is 40.0 Å². The van der Waals surface area contributed by atoms with E-state index in [0.29, 0.717) is 12.8 Å². The molecule has 0 saturated heterocycles. The van der Waals surface area contributed by atoms with E-state index in [-0.39, 0.29) is 6.42 Å². The van der Waals surface area contributed by atoms with E-state index in [1.165, 1.54) is 0 Å². The maximum atomic E-state index is 11.6. The van der Waals surface area contributed by atoms with Gasteiger partial charge in [-0.3, -0.25) is 4.79 Å². The van der Waals surface area contributed by atoms with E-state index in [2.05, 4.69) is 5.32 Å². The van der Waals surface area contributed by atoms with Crippen LogP contribution < -0.4 is 5.32 Å². The van der Waals surface area contributed by atoms with Gasteiger partial charge in [0, 0.05) is 6.04 Å². The van der Waals surface area contributed by atoms with Crippen LogP contribution in [0.3, 0.4) is 0 Å². The number of carbonyl (C=O) groups is 2. The quantitative estimate of drug-likeness (QED) is 0.690. The van der Waals surface area contributed by atoms with Gasteiger partial charge in [0.2, 0.25) is 0 Å². The van der Waals surface area contributed by atoms with E-state index in [1.54, 1.807) is 20.8 Å². The Morgan fingerprint density at radius 2 is 1.89 bits per heavy atom. The van der Waals surface area contributed by atoms with Crippen molar-refractivity contribution >= 4 is 12.1 Å². The van der Waals surface area contributed by atoms with Crippen molar-refractivity contribution in [2.75, 3.05) is 0 Å². The van der Waals surface area contributed by atoms with Gasteiger partial charge >= 0.3 is 12.1 Å². The maximum Gasteiger partial charge on any atom is 0.407 e. The zero-order chi connectivity index (χ0) is 13.9. The Labute approximate surface area is 106 Å². The molecular formula is C12H21NO5. The molecule has 18 heavy (non-hydrogen) atoms. The number of alkyl carbamates (subject to hydrolysis) is 1. The fraction of sp³-hybridized carbons (Fsp3) is 0.833. The fourth-order valence-corrected chi connectivity index (χ4v) is 2.05. The van der Waals surface area contributed by atoms with Crippen LogP contribution in [0.5, 0.6) is 0 Å².